The van der Waals surface area contributed by atoms with E-state index in [1.165, 1.54) is 97.7 Å². The van der Waals surface area contributed by atoms with Crippen molar-refractivity contribution in [2.24, 2.45) is 0 Å². The van der Waals surface area contributed by atoms with E-state index in [2.05, 4.69) is 151 Å². The van der Waals surface area contributed by atoms with Crippen molar-refractivity contribution >= 4 is 88.2 Å². The van der Waals surface area contributed by atoms with Crippen molar-refractivity contribution in [3.05, 3.63) is 144 Å². The van der Waals surface area contributed by atoms with Crippen LogP contribution in [-0.2, 0) is 0 Å². The summed E-state index contributed by atoms with van der Waals surface area (Å²) in [6.07, 6.45) is 2.03. The molecular weight excluding hydrogens is 613 g/mol. The van der Waals surface area contributed by atoms with Crippen LogP contribution < -0.4 is 15.8 Å². The molecule has 0 N–H and O–H groups in total. The summed E-state index contributed by atoms with van der Waals surface area (Å²) in [7, 11) is 0. The van der Waals surface area contributed by atoms with Gasteiger partial charge < -0.3 is 9.38 Å². The van der Waals surface area contributed by atoms with Gasteiger partial charge in [0.15, 0.2) is 0 Å². The van der Waals surface area contributed by atoms with E-state index >= 15 is 0 Å². The maximum absolute atomic E-state index is 5.27. The predicted molar refractivity (Wildman–Crippen MR) is 210 cm³/mol. The molecule has 6 aromatic carbocycles. The Kier molecular flexibility index (Phi) is 5.42. The van der Waals surface area contributed by atoms with Crippen molar-refractivity contribution in [3.8, 4) is 22.4 Å². The van der Waals surface area contributed by atoms with Crippen LogP contribution in [0.5, 0.6) is 0 Å². The van der Waals surface area contributed by atoms with Gasteiger partial charge in [-0.3, -0.25) is 4.98 Å². The Morgan fingerprint density at radius 1 is 0.633 bits per heavy atom. The molecule has 0 saturated carbocycles. The average Bonchev–Trinajstić information content (AvgIpc) is 3.65. The number of aryl methyl sites for hydroxylation is 3. The molecule has 0 unspecified atom stereocenters. The van der Waals surface area contributed by atoms with E-state index in [1.54, 1.807) is 0 Å². The molecule has 3 aromatic heterocycles. The molecule has 0 spiro atoms. The van der Waals surface area contributed by atoms with Crippen LogP contribution in [0, 0.1) is 20.8 Å². The van der Waals surface area contributed by atoms with Crippen LogP contribution in [0.1, 0.15) is 16.7 Å². The zero-order valence-electron chi connectivity index (χ0n) is 27.5. The summed E-state index contributed by atoms with van der Waals surface area (Å²) in [5.41, 5.74) is 17.6. The first-order valence-electron chi connectivity index (χ1n) is 17.0. The Hall–Kier alpha value is -5.65. The monoisotopic (exact) mass is 643 g/mol. The SMILES string of the molecule is Cc1cc(C)c(-c2ccc3c(c2)c2ccnc4c2n3B2c3ccccc3N(c3ccccc3)c3cc5c(sc6ccccc65)c-4c32)c(C)c1. The van der Waals surface area contributed by atoms with Gasteiger partial charge in [-0.15, -0.1) is 11.3 Å². The van der Waals surface area contributed by atoms with Crippen LogP contribution in [0.15, 0.2) is 128 Å². The lowest BCUT2D eigenvalue weighted by Gasteiger charge is -2.40. The Labute approximate surface area is 288 Å². The van der Waals surface area contributed by atoms with E-state index in [0.717, 1.165) is 11.4 Å². The molecule has 0 atom stereocenters. The van der Waals surface area contributed by atoms with Gasteiger partial charge in [-0.05, 0) is 102 Å². The summed E-state index contributed by atoms with van der Waals surface area (Å²) >= 11 is 1.90. The molecular formula is C44H30BN3S. The molecule has 2 aliphatic heterocycles. The standard InChI is InChI=1S/C44H30BN3S/c1-25-21-26(2)39(27(3)22-25)28-17-18-35-32(23-28)31-19-20-46-42-40-41-37(24-33-30-13-7-10-16-38(30)49-44(33)40)47(29-11-5-4-6-12-29)36-15-9-8-14-34(36)45(41)48(35)43(31)42/h4-24H,1-3H3. The highest BCUT2D eigenvalue weighted by Gasteiger charge is 2.44. The van der Waals surface area contributed by atoms with Gasteiger partial charge in [-0.25, -0.2) is 0 Å². The molecule has 230 valence electrons. The van der Waals surface area contributed by atoms with Gasteiger partial charge in [0.05, 0.1) is 11.2 Å². The summed E-state index contributed by atoms with van der Waals surface area (Å²) < 4.78 is 5.24. The molecule has 0 fully saturated rings. The van der Waals surface area contributed by atoms with Crippen LogP contribution in [0.25, 0.3) is 64.4 Å². The second-order valence-corrected chi connectivity index (χ2v) is 14.8. The Bertz CT molecular complexity index is 2860. The van der Waals surface area contributed by atoms with Crippen molar-refractivity contribution in [2.45, 2.75) is 20.8 Å². The van der Waals surface area contributed by atoms with Crippen molar-refractivity contribution in [3.63, 3.8) is 0 Å². The topological polar surface area (TPSA) is 21.1 Å². The Balaban J connectivity index is 1.31. The third-order valence-electron chi connectivity index (χ3n) is 10.9. The van der Waals surface area contributed by atoms with Gasteiger partial charge in [-0.2, -0.15) is 0 Å². The van der Waals surface area contributed by atoms with Gasteiger partial charge >= 0.3 is 6.85 Å². The van der Waals surface area contributed by atoms with Crippen LogP contribution in [0.4, 0.5) is 17.1 Å². The lowest BCUT2D eigenvalue weighted by molar-refractivity contribution is 1.24. The third-order valence-corrected chi connectivity index (χ3v) is 12.1. The number of rotatable bonds is 2. The van der Waals surface area contributed by atoms with E-state index in [4.69, 9.17) is 4.98 Å². The van der Waals surface area contributed by atoms with Crippen molar-refractivity contribution in [2.75, 3.05) is 4.90 Å². The first-order chi connectivity index (χ1) is 24.1. The zero-order valence-corrected chi connectivity index (χ0v) is 28.3. The zero-order chi connectivity index (χ0) is 32.5. The summed E-state index contributed by atoms with van der Waals surface area (Å²) in [6.45, 7) is 6.67. The first kappa shape index (κ1) is 27.3. The van der Waals surface area contributed by atoms with Crippen molar-refractivity contribution in [1.82, 2.24) is 9.46 Å². The fraction of sp³-hybridized carbons (Fsp3) is 0.0682. The largest absolute Gasteiger partial charge is 0.374 e. The number of aromatic nitrogens is 2. The Morgan fingerprint density at radius 3 is 2.27 bits per heavy atom. The fourth-order valence-electron chi connectivity index (χ4n) is 9.13. The van der Waals surface area contributed by atoms with Gasteiger partial charge in [-0.1, -0.05) is 78.4 Å². The molecule has 2 aliphatic rings. The number of benzene rings is 6. The average molecular weight is 644 g/mol. The summed E-state index contributed by atoms with van der Waals surface area (Å²) in [4.78, 5) is 7.75. The highest BCUT2D eigenvalue weighted by molar-refractivity contribution is 7.26. The minimum absolute atomic E-state index is 0.00108. The van der Waals surface area contributed by atoms with Crippen molar-refractivity contribution in [1.29, 1.82) is 0 Å². The van der Waals surface area contributed by atoms with Gasteiger partial charge in [0.2, 0.25) is 0 Å². The van der Waals surface area contributed by atoms with E-state index in [1.807, 2.05) is 17.5 Å². The summed E-state index contributed by atoms with van der Waals surface area (Å²) in [5, 5.41) is 5.14. The van der Waals surface area contributed by atoms with E-state index < -0.39 is 0 Å². The number of anilines is 3. The number of nitrogens with zero attached hydrogens (tertiary/aromatic N) is 3. The third kappa shape index (κ3) is 3.55. The second kappa shape index (κ2) is 9.71. The minimum atomic E-state index is 0.00108. The molecule has 0 saturated heterocycles. The molecule has 0 amide bonds. The fourth-order valence-corrected chi connectivity index (χ4v) is 10.4. The highest BCUT2D eigenvalue weighted by Crippen LogP contribution is 2.50. The molecule has 49 heavy (non-hydrogen) atoms. The van der Waals surface area contributed by atoms with Crippen LogP contribution in [-0.4, -0.2) is 16.3 Å². The predicted octanol–water partition coefficient (Wildman–Crippen LogP) is 10.6. The molecule has 5 heterocycles. The smallest absolute Gasteiger partial charge is 0.333 e. The maximum Gasteiger partial charge on any atom is 0.333 e. The van der Waals surface area contributed by atoms with Crippen molar-refractivity contribution < 1.29 is 0 Å². The normalized spacial score (nSPS) is 13.1. The number of fused-ring (bicyclic) bond motifs is 11. The van der Waals surface area contributed by atoms with Crippen LogP contribution in [0.3, 0.4) is 0 Å². The Morgan fingerprint density at radius 2 is 1.41 bits per heavy atom. The van der Waals surface area contributed by atoms with Gasteiger partial charge in [0, 0.05) is 65.3 Å². The molecule has 0 aliphatic carbocycles. The number of thiophene rings is 1. The minimum Gasteiger partial charge on any atom is -0.374 e. The quantitative estimate of drug-likeness (QED) is 0.175. The maximum atomic E-state index is 5.27. The number of para-hydroxylation sites is 2. The van der Waals surface area contributed by atoms with Gasteiger partial charge in [0.25, 0.3) is 0 Å². The molecule has 3 nitrogen and oxygen atoms in total. The van der Waals surface area contributed by atoms with Crippen LogP contribution in [0.2, 0.25) is 0 Å². The summed E-state index contributed by atoms with van der Waals surface area (Å²) in [6, 6.07) is 45.1. The molecule has 0 bridgehead atoms. The van der Waals surface area contributed by atoms with E-state index in [9.17, 15) is 0 Å². The molecule has 9 aromatic rings. The first-order valence-corrected chi connectivity index (χ1v) is 17.8. The molecule has 0 radical (unpaired) electrons. The lowest BCUT2D eigenvalue weighted by atomic mass is 9.45. The highest BCUT2D eigenvalue weighted by atomic mass is 32.1. The summed E-state index contributed by atoms with van der Waals surface area (Å²) in [5.74, 6) is 0. The molecule has 11 rings (SSSR count). The molecule has 5 heteroatoms. The number of pyridine rings is 1. The number of hydrogen-bond acceptors (Lipinski definition) is 3. The second-order valence-electron chi connectivity index (χ2n) is 13.7. The van der Waals surface area contributed by atoms with Crippen LogP contribution >= 0.6 is 11.3 Å². The lowest BCUT2D eigenvalue weighted by Crippen LogP contribution is -2.56. The number of hydrogen-bond donors (Lipinski definition) is 0. The van der Waals surface area contributed by atoms with Gasteiger partial charge in [0.1, 0.15) is 0 Å². The van der Waals surface area contributed by atoms with E-state index in [0.29, 0.717) is 0 Å². The van der Waals surface area contributed by atoms with E-state index in [-0.39, 0.29) is 6.85 Å².